The molecule has 1 fully saturated rings. The van der Waals surface area contributed by atoms with Crippen LogP contribution in [0.1, 0.15) is 60.0 Å². The Balaban J connectivity index is 1.71. The average molecular weight is 457 g/mol. The van der Waals surface area contributed by atoms with E-state index >= 15 is 0 Å². The Hall–Kier alpha value is -2.40. The number of aliphatic carboxylic acids is 1. The number of benzene rings is 1. The van der Waals surface area contributed by atoms with Crippen LogP contribution in [0.2, 0.25) is 0 Å². The highest BCUT2D eigenvalue weighted by atomic mass is 32.2. The maximum Gasteiger partial charge on any atom is 0.416 e. The maximum absolute atomic E-state index is 13.4. The molecule has 31 heavy (non-hydrogen) atoms. The van der Waals surface area contributed by atoms with Crippen molar-refractivity contribution < 1.29 is 31.5 Å². The predicted octanol–water partition coefficient (Wildman–Crippen LogP) is 3.56. The molecule has 4 rings (SSSR count). The Morgan fingerprint density at radius 2 is 1.97 bits per heavy atom. The molecule has 1 heterocycles. The average Bonchev–Trinajstić information content (AvgIpc) is 3.48. The molecule has 0 aliphatic heterocycles. The molecule has 0 amide bonds. The van der Waals surface area contributed by atoms with Crippen molar-refractivity contribution in [2.45, 2.75) is 61.7 Å². The number of nitrogens with zero attached hydrogens (tertiary/aromatic N) is 3. The molecule has 7 nitrogen and oxygen atoms in total. The molecule has 1 saturated carbocycles. The minimum Gasteiger partial charge on any atom is -0.480 e. The van der Waals surface area contributed by atoms with Crippen molar-refractivity contribution in [2.75, 3.05) is 7.05 Å². The highest BCUT2D eigenvalue weighted by Crippen LogP contribution is 2.44. The molecule has 11 heteroatoms. The van der Waals surface area contributed by atoms with Crippen LogP contribution < -0.4 is 0 Å². The van der Waals surface area contributed by atoms with Crippen LogP contribution in [0.5, 0.6) is 0 Å². The molecule has 1 aromatic carbocycles. The summed E-state index contributed by atoms with van der Waals surface area (Å²) in [6.07, 6.45) is -0.0759. The lowest BCUT2D eigenvalue weighted by Crippen LogP contribution is -2.33. The fourth-order valence-electron chi connectivity index (χ4n) is 4.16. The number of carboxylic acid groups (broad SMARTS) is 1. The van der Waals surface area contributed by atoms with Crippen molar-refractivity contribution >= 4 is 16.0 Å². The highest BCUT2D eigenvalue weighted by molar-refractivity contribution is 7.89. The van der Waals surface area contributed by atoms with Gasteiger partial charge in [0, 0.05) is 18.3 Å². The van der Waals surface area contributed by atoms with E-state index in [1.807, 2.05) is 0 Å². The van der Waals surface area contributed by atoms with E-state index < -0.39 is 33.8 Å². The monoisotopic (exact) mass is 457 g/mol. The van der Waals surface area contributed by atoms with Crippen LogP contribution in [0.15, 0.2) is 29.3 Å². The highest BCUT2D eigenvalue weighted by Gasteiger charge is 2.38. The van der Waals surface area contributed by atoms with Crippen LogP contribution in [-0.4, -0.2) is 40.6 Å². The Morgan fingerprint density at radius 1 is 1.26 bits per heavy atom. The smallest absolute Gasteiger partial charge is 0.416 e. The van der Waals surface area contributed by atoms with E-state index in [0.29, 0.717) is 42.1 Å². The normalized spacial score (nSPS) is 19.5. The second-order valence-electron chi connectivity index (χ2n) is 8.09. The summed E-state index contributed by atoms with van der Waals surface area (Å²) in [6.45, 7) is -0.336. The Labute approximate surface area is 177 Å². The fraction of sp³-hybridized carbons (Fsp3) is 0.500. The summed E-state index contributed by atoms with van der Waals surface area (Å²) in [7, 11) is -2.88. The summed E-state index contributed by atoms with van der Waals surface area (Å²) in [5.74, 6) is -1.11. The van der Waals surface area contributed by atoms with Gasteiger partial charge in [-0.25, -0.2) is 8.42 Å². The van der Waals surface area contributed by atoms with Crippen molar-refractivity contribution in [1.82, 2.24) is 14.1 Å². The molecule has 0 bridgehead atoms. The first-order valence-corrected chi connectivity index (χ1v) is 11.4. The molecule has 1 N–H and O–H groups in total. The van der Waals surface area contributed by atoms with Gasteiger partial charge in [-0.15, -0.1) is 0 Å². The summed E-state index contributed by atoms with van der Waals surface area (Å²) in [5, 5.41) is 13.1. The molecule has 1 unspecified atom stereocenters. The van der Waals surface area contributed by atoms with Gasteiger partial charge in [0.2, 0.25) is 10.0 Å². The van der Waals surface area contributed by atoms with Crippen LogP contribution in [0, 0.1) is 0 Å². The fourth-order valence-corrected chi connectivity index (χ4v) is 5.61. The van der Waals surface area contributed by atoms with Crippen LogP contribution in [-0.2, 0) is 34.0 Å². The molecule has 1 atom stereocenters. The number of carboxylic acids is 1. The van der Waals surface area contributed by atoms with E-state index in [9.17, 15) is 26.4 Å². The number of halogens is 3. The minimum absolute atomic E-state index is 0.0444. The van der Waals surface area contributed by atoms with Crippen LogP contribution in [0.25, 0.3) is 0 Å². The molecule has 0 spiro atoms. The quantitative estimate of drug-likeness (QED) is 0.716. The third-order valence-corrected chi connectivity index (χ3v) is 7.78. The molecule has 0 radical (unpaired) electrons. The molecule has 2 aliphatic carbocycles. The van der Waals surface area contributed by atoms with E-state index in [0.717, 1.165) is 23.2 Å². The van der Waals surface area contributed by atoms with E-state index in [1.165, 1.54) is 24.0 Å². The molecule has 2 aromatic rings. The van der Waals surface area contributed by atoms with Gasteiger partial charge in [-0.3, -0.25) is 9.48 Å². The first-order valence-electron chi connectivity index (χ1n) is 9.95. The zero-order chi connectivity index (χ0) is 22.6. The molecular formula is C20H22F3N3O4S. The van der Waals surface area contributed by atoms with Gasteiger partial charge >= 0.3 is 12.1 Å². The first kappa shape index (κ1) is 21.8. The van der Waals surface area contributed by atoms with Gasteiger partial charge in [0.05, 0.1) is 22.7 Å². The summed E-state index contributed by atoms with van der Waals surface area (Å²) < 4.78 is 69.3. The van der Waals surface area contributed by atoms with E-state index in [2.05, 4.69) is 5.10 Å². The number of fused-ring (bicyclic) bond motifs is 1. The summed E-state index contributed by atoms with van der Waals surface area (Å²) in [5.41, 5.74) is 0.652. The van der Waals surface area contributed by atoms with Gasteiger partial charge in [-0.1, -0.05) is 0 Å². The summed E-state index contributed by atoms with van der Waals surface area (Å²) >= 11 is 0. The zero-order valence-corrected chi connectivity index (χ0v) is 17.6. The largest absolute Gasteiger partial charge is 0.480 e. The first-order chi connectivity index (χ1) is 14.5. The third kappa shape index (κ3) is 4.20. The van der Waals surface area contributed by atoms with E-state index in [1.54, 1.807) is 0 Å². The molecule has 0 saturated heterocycles. The Kier molecular flexibility index (Phi) is 5.37. The molecule has 2 aliphatic rings. The molecule has 168 valence electrons. The van der Waals surface area contributed by atoms with Gasteiger partial charge in [0.15, 0.2) is 0 Å². The summed E-state index contributed by atoms with van der Waals surface area (Å²) in [4.78, 5) is 10.7. The van der Waals surface area contributed by atoms with Crippen LogP contribution in [0.4, 0.5) is 13.2 Å². The van der Waals surface area contributed by atoms with Crippen molar-refractivity contribution in [3.8, 4) is 0 Å². The number of hydrogen-bond donors (Lipinski definition) is 1. The van der Waals surface area contributed by atoms with Crippen molar-refractivity contribution in [1.29, 1.82) is 0 Å². The third-order valence-electron chi connectivity index (χ3n) is 5.94. The van der Waals surface area contributed by atoms with Gasteiger partial charge in [0.1, 0.15) is 6.54 Å². The number of alkyl halides is 3. The second kappa shape index (κ2) is 7.63. The topological polar surface area (TPSA) is 92.5 Å². The van der Waals surface area contributed by atoms with Gasteiger partial charge in [-0.2, -0.15) is 22.6 Å². The van der Waals surface area contributed by atoms with Crippen LogP contribution in [0.3, 0.4) is 0 Å². The lowest BCUT2D eigenvalue weighted by molar-refractivity contribution is -0.138. The zero-order valence-electron chi connectivity index (χ0n) is 16.8. The Morgan fingerprint density at radius 3 is 2.58 bits per heavy atom. The number of rotatable bonds is 6. The Bertz CT molecular complexity index is 1120. The van der Waals surface area contributed by atoms with Crippen LogP contribution >= 0.6 is 0 Å². The number of carbonyl (C=O) groups is 1. The van der Waals surface area contributed by atoms with Crippen molar-refractivity contribution in [3.63, 3.8) is 0 Å². The lowest BCUT2D eigenvalue weighted by Gasteiger charge is -2.31. The van der Waals surface area contributed by atoms with Gasteiger partial charge < -0.3 is 5.11 Å². The van der Waals surface area contributed by atoms with Crippen molar-refractivity contribution in [3.05, 3.63) is 46.8 Å². The van der Waals surface area contributed by atoms with E-state index in [-0.39, 0.29) is 17.4 Å². The number of hydrogen-bond acceptors (Lipinski definition) is 4. The van der Waals surface area contributed by atoms with Gasteiger partial charge in [0.25, 0.3) is 0 Å². The van der Waals surface area contributed by atoms with Gasteiger partial charge in [-0.05, 0) is 61.8 Å². The SMILES string of the molecule is CN(C1CCCc2c1cnn2CC(=O)O)S(=O)(=O)c1cc(C2CC2)cc(C(F)(F)F)c1. The minimum atomic E-state index is -4.65. The molecule has 1 aromatic heterocycles. The standard InChI is InChI=1S/C20H22F3N3O4S/c1-25(17-3-2-4-18-16(17)10-24-26(18)11-19(27)28)31(29,30)15-8-13(12-5-6-12)7-14(9-15)20(21,22)23/h7-10,12,17H,2-6,11H2,1H3,(H,27,28). The molecular weight excluding hydrogens is 435 g/mol. The predicted molar refractivity (Wildman–Crippen MR) is 104 cm³/mol. The van der Waals surface area contributed by atoms with Crippen molar-refractivity contribution in [2.24, 2.45) is 0 Å². The lowest BCUT2D eigenvalue weighted by atomic mass is 9.93. The maximum atomic E-state index is 13.4. The second-order valence-corrected chi connectivity index (χ2v) is 10.1. The summed E-state index contributed by atoms with van der Waals surface area (Å²) in [6, 6.07) is 2.44. The number of aromatic nitrogens is 2. The van der Waals surface area contributed by atoms with E-state index in [4.69, 9.17) is 5.11 Å². The number of sulfonamides is 1.